The van der Waals surface area contributed by atoms with Crippen molar-refractivity contribution in [2.45, 2.75) is 0 Å². The molecule has 0 aliphatic rings. The Morgan fingerprint density at radius 1 is 1.19 bits per heavy atom. The zero-order valence-electron chi connectivity index (χ0n) is 8.34. The van der Waals surface area contributed by atoms with E-state index < -0.39 is 0 Å². The predicted octanol–water partition coefficient (Wildman–Crippen LogP) is 3.16. The minimum atomic E-state index is 0.876. The Hall–Kier alpha value is -1.68. The minimum Gasteiger partial charge on any atom is -0.236 e. The molecule has 4 heteroatoms. The van der Waals surface area contributed by atoms with Crippen LogP contribution in [-0.2, 0) is 0 Å². The number of hydrogen-bond donors (Lipinski definition) is 0. The number of hydrogen-bond acceptors (Lipinski definition) is 2. The first-order valence-electron chi connectivity index (χ1n) is 4.89. The van der Waals surface area contributed by atoms with Gasteiger partial charge < -0.3 is 0 Å². The Morgan fingerprint density at radius 2 is 2.12 bits per heavy atom. The molecule has 0 saturated heterocycles. The second kappa shape index (κ2) is 3.72. The van der Waals surface area contributed by atoms with Gasteiger partial charge in [0.1, 0.15) is 0 Å². The summed E-state index contributed by atoms with van der Waals surface area (Å²) in [6.07, 6.45) is 5.51. The number of halogens is 1. The molecule has 0 aliphatic carbocycles. The Labute approximate surface area is 101 Å². The molecule has 2 heterocycles. The van der Waals surface area contributed by atoms with Crippen LogP contribution in [-0.4, -0.2) is 14.6 Å². The fourth-order valence-electron chi connectivity index (χ4n) is 1.69. The maximum absolute atomic E-state index is 4.33. The number of fused-ring (bicyclic) bond motifs is 1. The Morgan fingerprint density at radius 3 is 3.00 bits per heavy atom. The normalized spacial score (nSPS) is 10.8. The van der Waals surface area contributed by atoms with Crippen LogP contribution in [0.5, 0.6) is 0 Å². The van der Waals surface area contributed by atoms with Crippen molar-refractivity contribution in [3.63, 3.8) is 0 Å². The fourth-order valence-corrected chi connectivity index (χ4v) is 2.09. The van der Waals surface area contributed by atoms with Crippen LogP contribution in [0.1, 0.15) is 0 Å². The van der Waals surface area contributed by atoms with E-state index in [0.29, 0.717) is 0 Å². The van der Waals surface area contributed by atoms with Crippen LogP contribution in [0.25, 0.3) is 16.8 Å². The van der Waals surface area contributed by atoms with Crippen LogP contribution in [0.2, 0.25) is 0 Å². The summed E-state index contributed by atoms with van der Waals surface area (Å²) >= 11 is 3.46. The summed E-state index contributed by atoms with van der Waals surface area (Å²) in [7, 11) is 0. The highest BCUT2D eigenvalue weighted by atomic mass is 79.9. The third-order valence-corrected chi connectivity index (χ3v) is 2.91. The smallest absolute Gasteiger partial charge is 0.162 e. The molecule has 3 rings (SSSR count). The van der Waals surface area contributed by atoms with E-state index >= 15 is 0 Å². The van der Waals surface area contributed by atoms with E-state index in [-0.39, 0.29) is 0 Å². The second-order valence-corrected chi connectivity index (χ2v) is 4.37. The van der Waals surface area contributed by atoms with Gasteiger partial charge >= 0.3 is 0 Å². The summed E-state index contributed by atoms with van der Waals surface area (Å²) in [5.41, 5.74) is 3.03. The minimum absolute atomic E-state index is 0.876. The lowest BCUT2D eigenvalue weighted by molar-refractivity contribution is 0.939. The van der Waals surface area contributed by atoms with Gasteiger partial charge in [0.05, 0.1) is 6.20 Å². The molecule has 0 amide bonds. The van der Waals surface area contributed by atoms with Gasteiger partial charge in [-0.1, -0.05) is 28.1 Å². The lowest BCUT2D eigenvalue weighted by atomic mass is 10.1. The maximum atomic E-state index is 4.33. The van der Waals surface area contributed by atoms with Crippen molar-refractivity contribution in [1.29, 1.82) is 0 Å². The molecule has 0 fully saturated rings. The van der Waals surface area contributed by atoms with E-state index in [1.165, 1.54) is 0 Å². The van der Waals surface area contributed by atoms with Gasteiger partial charge in [-0.3, -0.25) is 0 Å². The Bertz CT molecular complexity index is 645. The molecule has 0 bridgehead atoms. The van der Waals surface area contributed by atoms with Crippen LogP contribution in [0.4, 0.5) is 0 Å². The SMILES string of the molecule is Brc1cccc(-c2cnn3cccnc23)c1. The van der Waals surface area contributed by atoms with Gasteiger partial charge in [0, 0.05) is 22.4 Å². The number of nitrogens with zero attached hydrogens (tertiary/aromatic N) is 3. The quantitative estimate of drug-likeness (QED) is 0.682. The molecule has 2 aromatic heterocycles. The first-order valence-corrected chi connectivity index (χ1v) is 5.68. The van der Waals surface area contributed by atoms with Crippen LogP contribution in [0.3, 0.4) is 0 Å². The molecule has 0 N–H and O–H groups in total. The molecule has 0 atom stereocenters. The van der Waals surface area contributed by atoms with Crippen molar-refractivity contribution in [1.82, 2.24) is 14.6 Å². The number of aromatic nitrogens is 3. The van der Waals surface area contributed by atoms with Crippen LogP contribution < -0.4 is 0 Å². The summed E-state index contributed by atoms with van der Waals surface area (Å²) in [6.45, 7) is 0. The molecule has 0 unspecified atom stereocenters. The van der Waals surface area contributed by atoms with E-state index in [9.17, 15) is 0 Å². The molecule has 78 valence electrons. The third kappa shape index (κ3) is 1.51. The largest absolute Gasteiger partial charge is 0.236 e. The monoisotopic (exact) mass is 273 g/mol. The molecular weight excluding hydrogens is 266 g/mol. The van der Waals surface area contributed by atoms with E-state index in [1.54, 1.807) is 10.7 Å². The van der Waals surface area contributed by atoms with E-state index in [1.807, 2.05) is 30.6 Å². The molecule has 0 aliphatic heterocycles. The second-order valence-electron chi connectivity index (χ2n) is 3.46. The highest BCUT2D eigenvalue weighted by Crippen LogP contribution is 2.25. The molecule has 1 aromatic carbocycles. The van der Waals surface area contributed by atoms with Crippen LogP contribution >= 0.6 is 15.9 Å². The van der Waals surface area contributed by atoms with Gasteiger partial charge in [-0.2, -0.15) is 5.10 Å². The Balaban J connectivity index is 2.26. The summed E-state index contributed by atoms with van der Waals surface area (Å²) in [6, 6.07) is 9.99. The van der Waals surface area contributed by atoms with Crippen molar-refractivity contribution in [3.8, 4) is 11.1 Å². The lowest BCUT2D eigenvalue weighted by Crippen LogP contribution is -1.87. The third-order valence-electron chi connectivity index (χ3n) is 2.41. The molecule has 3 aromatic rings. The van der Waals surface area contributed by atoms with Crippen molar-refractivity contribution in [3.05, 3.63) is 53.4 Å². The van der Waals surface area contributed by atoms with Gasteiger partial charge in [0.25, 0.3) is 0 Å². The lowest BCUT2D eigenvalue weighted by Gasteiger charge is -1.99. The summed E-state index contributed by atoms with van der Waals surface area (Å²) < 4.78 is 2.83. The van der Waals surface area contributed by atoms with Crippen molar-refractivity contribution >= 4 is 21.6 Å². The van der Waals surface area contributed by atoms with Crippen LogP contribution in [0.15, 0.2) is 53.4 Å². The van der Waals surface area contributed by atoms with Gasteiger partial charge in [-0.15, -0.1) is 0 Å². The molecule has 3 nitrogen and oxygen atoms in total. The van der Waals surface area contributed by atoms with Gasteiger partial charge in [-0.25, -0.2) is 9.50 Å². The highest BCUT2D eigenvalue weighted by Gasteiger charge is 2.06. The average molecular weight is 274 g/mol. The van der Waals surface area contributed by atoms with Gasteiger partial charge in [0.15, 0.2) is 5.65 Å². The van der Waals surface area contributed by atoms with E-state index in [4.69, 9.17) is 0 Å². The molecule has 0 spiro atoms. The molecular formula is C12H8BrN3. The first-order chi connectivity index (χ1) is 7.84. The zero-order chi connectivity index (χ0) is 11.0. The van der Waals surface area contributed by atoms with Crippen molar-refractivity contribution in [2.75, 3.05) is 0 Å². The molecule has 16 heavy (non-hydrogen) atoms. The summed E-state index contributed by atoms with van der Waals surface area (Å²) in [5, 5.41) is 4.26. The van der Waals surface area contributed by atoms with Crippen LogP contribution in [0, 0.1) is 0 Å². The van der Waals surface area contributed by atoms with Gasteiger partial charge in [0.2, 0.25) is 0 Å². The van der Waals surface area contributed by atoms with Gasteiger partial charge in [-0.05, 0) is 23.8 Å². The van der Waals surface area contributed by atoms with Crippen molar-refractivity contribution in [2.24, 2.45) is 0 Å². The standard InChI is InChI=1S/C12H8BrN3/c13-10-4-1-3-9(7-10)11-8-15-16-6-2-5-14-12(11)16/h1-8H. The van der Waals surface area contributed by atoms with Crippen molar-refractivity contribution < 1.29 is 0 Å². The van der Waals surface area contributed by atoms with E-state index in [2.05, 4.69) is 38.1 Å². The Kier molecular flexibility index (Phi) is 2.22. The average Bonchev–Trinajstić information content (AvgIpc) is 2.72. The molecule has 0 saturated carbocycles. The number of benzene rings is 1. The topological polar surface area (TPSA) is 30.2 Å². The summed E-state index contributed by atoms with van der Waals surface area (Å²) in [5.74, 6) is 0. The molecule has 0 radical (unpaired) electrons. The fraction of sp³-hybridized carbons (Fsp3) is 0. The summed E-state index contributed by atoms with van der Waals surface area (Å²) in [4.78, 5) is 4.33. The maximum Gasteiger partial charge on any atom is 0.162 e. The first kappa shape index (κ1) is 9.54. The van der Waals surface area contributed by atoms with E-state index in [0.717, 1.165) is 21.2 Å². The highest BCUT2D eigenvalue weighted by molar-refractivity contribution is 9.10. The number of rotatable bonds is 1. The predicted molar refractivity (Wildman–Crippen MR) is 66.1 cm³/mol. The zero-order valence-corrected chi connectivity index (χ0v) is 9.92.